The normalized spacial score (nSPS) is 17.6. The average molecular weight is 308 g/mol. The number of esters is 1. The van der Waals surface area contributed by atoms with Crippen molar-refractivity contribution in [2.24, 2.45) is 5.92 Å². The molecule has 0 aliphatic carbocycles. The Kier molecular flexibility index (Phi) is 6.11. The molecule has 1 aromatic carbocycles. The van der Waals surface area contributed by atoms with Gasteiger partial charge in [-0.1, -0.05) is 18.6 Å². The Morgan fingerprint density at radius 1 is 1.29 bits per heavy atom. The lowest BCUT2D eigenvalue weighted by molar-refractivity contribution is -0.134. The first-order chi connectivity index (χ1) is 10.2. The third kappa shape index (κ3) is 5.08. The fraction of sp³-hybridized carbons (Fsp3) is 0.500. The number of hydrogen-bond acceptors (Lipinski definition) is 4. The van der Waals surface area contributed by atoms with E-state index in [1.807, 2.05) is 11.8 Å². The molecule has 2 rings (SSSR count). The molecule has 1 N–H and O–H groups in total. The quantitative estimate of drug-likeness (QED) is 0.473. The first-order valence-corrected chi connectivity index (χ1v) is 8.43. The highest BCUT2D eigenvalue weighted by atomic mass is 32.2. The maximum atomic E-state index is 11.8. The lowest BCUT2D eigenvalue weighted by Gasteiger charge is -2.08. The number of aromatic carboxylic acids is 1. The number of para-hydroxylation sites is 1. The molecule has 0 saturated carbocycles. The van der Waals surface area contributed by atoms with Crippen molar-refractivity contribution in [1.82, 2.24) is 0 Å². The molecule has 1 unspecified atom stereocenters. The highest BCUT2D eigenvalue weighted by molar-refractivity contribution is 7.99. The molecule has 21 heavy (non-hydrogen) atoms. The Hall–Kier alpha value is -1.49. The third-order valence-electron chi connectivity index (χ3n) is 3.61. The van der Waals surface area contributed by atoms with Gasteiger partial charge in [-0.25, -0.2) is 4.79 Å². The Morgan fingerprint density at radius 3 is 2.81 bits per heavy atom. The summed E-state index contributed by atoms with van der Waals surface area (Å²) in [5, 5.41) is 9.02. The van der Waals surface area contributed by atoms with E-state index in [9.17, 15) is 9.59 Å². The van der Waals surface area contributed by atoms with Gasteiger partial charge >= 0.3 is 11.9 Å². The summed E-state index contributed by atoms with van der Waals surface area (Å²) in [6.07, 6.45) is 4.64. The van der Waals surface area contributed by atoms with E-state index in [1.54, 1.807) is 12.1 Å². The summed E-state index contributed by atoms with van der Waals surface area (Å²) in [5.74, 6) is 2.00. The molecule has 1 fully saturated rings. The zero-order valence-corrected chi connectivity index (χ0v) is 12.7. The summed E-state index contributed by atoms with van der Waals surface area (Å²) in [7, 11) is 0. The maximum Gasteiger partial charge on any atom is 0.339 e. The van der Waals surface area contributed by atoms with Crippen LogP contribution in [-0.4, -0.2) is 28.6 Å². The summed E-state index contributed by atoms with van der Waals surface area (Å²) in [6.45, 7) is 0. The van der Waals surface area contributed by atoms with Gasteiger partial charge < -0.3 is 9.84 Å². The number of carboxylic acid groups (broad SMARTS) is 1. The van der Waals surface area contributed by atoms with E-state index < -0.39 is 5.97 Å². The number of rotatable bonds is 7. The van der Waals surface area contributed by atoms with Crippen molar-refractivity contribution in [3.05, 3.63) is 29.8 Å². The number of carboxylic acids is 1. The predicted octanol–water partition coefficient (Wildman–Crippen LogP) is 3.60. The molecule has 5 heteroatoms. The zero-order chi connectivity index (χ0) is 15.1. The first-order valence-electron chi connectivity index (χ1n) is 7.27. The highest BCUT2D eigenvalue weighted by Crippen LogP contribution is 2.27. The van der Waals surface area contributed by atoms with Crippen molar-refractivity contribution in [1.29, 1.82) is 0 Å². The van der Waals surface area contributed by atoms with Crippen LogP contribution in [0.4, 0.5) is 0 Å². The van der Waals surface area contributed by atoms with Crippen molar-refractivity contribution < 1.29 is 19.4 Å². The monoisotopic (exact) mass is 308 g/mol. The van der Waals surface area contributed by atoms with Gasteiger partial charge in [0.25, 0.3) is 0 Å². The van der Waals surface area contributed by atoms with Gasteiger partial charge in [0.05, 0.1) is 0 Å². The summed E-state index contributed by atoms with van der Waals surface area (Å²) >= 11 is 2.01. The second kappa shape index (κ2) is 8.08. The van der Waals surface area contributed by atoms with Crippen LogP contribution < -0.4 is 4.74 Å². The van der Waals surface area contributed by atoms with E-state index in [2.05, 4.69) is 0 Å². The molecule has 1 saturated heterocycles. The van der Waals surface area contributed by atoms with Crippen LogP contribution in [0, 0.1) is 5.92 Å². The Morgan fingerprint density at radius 2 is 2.10 bits per heavy atom. The molecule has 0 spiro atoms. The van der Waals surface area contributed by atoms with Crippen LogP contribution in [0.25, 0.3) is 0 Å². The van der Waals surface area contributed by atoms with Crippen LogP contribution in [0.5, 0.6) is 5.75 Å². The first kappa shape index (κ1) is 15.9. The lowest BCUT2D eigenvalue weighted by atomic mass is 10.0. The van der Waals surface area contributed by atoms with Gasteiger partial charge in [-0.15, -0.1) is 0 Å². The minimum absolute atomic E-state index is 0.0221. The fourth-order valence-corrected chi connectivity index (χ4v) is 3.75. The average Bonchev–Trinajstić information content (AvgIpc) is 2.97. The van der Waals surface area contributed by atoms with Crippen molar-refractivity contribution in [2.75, 3.05) is 11.5 Å². The second-order valence-electron chi connectivity index (χ2n) is 5.25. The van der Waals surface area contributed by atoms with Crippen molar-refractivity contribution in [2.45, 2.75) is 32.1 Å². The molecule has 0 bridgehead atoms. The summed E-state index contributed by atoms with van der Waals surface area (Å²) in [4.78, 5) is 22.8. The molecular formula is C16H20O4S. The van der Waals surface area contributed by atoms with Crippen molar-refractivity contribution >= 4 is 23.7 Å². The van der Waals surface area contributed by atoms with Crippen LogP contribution >= 0.6 is 11.8 Å². The molecule has 0 aromatic heterocycles. The molecule has 1 atom stereocenters. The van der Waals surface area contributed by atoms with E-state index in [1.165, 1.54) is 36.5 Å². The minimum atomic E-state index is -1.09. The molecule has 1 aliphatic heterocycles. The predicted molar refractivity (Wildman–Crippen MR) is 82.9 cm³/mol. The number of unbranched alkanes of at least 4 members (excludes halogenated alkanes) is 1. The minimum Gasteiger partial charge on any atom is -0.478 e. The summed E-state index contributed by atoms with van der Waals surface area (Å²) in [6, 6.07) is 6.22. The zero-order valence-electron chi connectivity index (χ0n) is 11.9. The van der Waals surface area contributed by atoms with Crippen LogP contribution in [0.15, 0.2) is 24.3 Å². The van der Waals surface area contributed by atoms with Gasteiger partial charge in [-0.05, 0) is 48.8 Å². The number of ether oxygens (including phenoxy) is 1. The van der Waals surface area contributed by atoms with E-state index in [-0.39, 0.29) is 17.3 Å². The summed E-state index contributed by atoms with van der Waals surface area (Å²) < 4.78 is 5.15. The Bertz CT molecular complexity index is 495. The van der Waals surface area contributed by atoms with Crippen LogP contribution in [0.1, 0.15) is 42.5 Å². The van der Waals surface area contributed by atoms with Gasteiger partial charge in [0, 0.05) is 6.42 Å². The van der Waals surface area contributed by atoms with Crippen LogP contribution in [0.3, 0.4) is 0 Å². The van der Waals surface area contributed by atoms with Crippen molar-refractivity contribution in [3.8, 4) is 5.75 Å². The molecule has 1 aromatic rings. The number of carbonyl (C=O) groups is 2. The number of benzene rings is 1. The summed E-state index contributed by atoms with van der Waals surface area (Å²) in [5.41, 5.74) is 0.0221. The van der Waals surface area contributed by atoms with Crippen LogP contribution in [-0.2, 0) is 4.79 Å². The third-order valence-corrected chi connectivity index (χ3v) is 4.84. The van der Waals surface area contributed by atoms with Gasteiger partial charge in [0.2, 0.25) is 0 Å². The number of thioether (sulfide) groups is 1. The fourth-order valence-electron chi connectivity index (χ4n) is 2.42. The molecule has 1 heterocycles. The van der Waals surface area contributed by atoms with E-state index >= 15 is 0 Å². The number of carbonyl (C=O) groups excluding carboxylic acids is 1. The molecule has 4 nitrogen and oxygen atoms in total. The maximum absolute atomic E-state index is 11.8. The SMILES string of the molecule is O=C(CCCCC1CCSC1)Oc1ccccc1C(=O)O. The highest BCUT2D eigenvalue weighted by Gasteiger charge is 2.16. The van der Waals surface area contributed by atoms with Gasteiger partial charge in [-0.3, -0.25) is 4.79 Å². The second-order valence-corrected chi connectivity index (χ2v) is 6.40. The molecule has 0 radical (unpaired) electrons. The molecule has 114 valence electrons. The number of hydrogen-bond donors (Lipinski definition) is 1. The molecule has 0 amide bonds. The Balaban J connectivity index is 1.73. The van der Waals surface area contributed by atoms with E-state index in [0.717, 1.165) is 18.8 Å². The topological polar surface area (TPSA) is 63.6 Å². The lowest BCUT2D eigenvalue weighted by Crippen LogP contribution is -2.11. The van der Waals surface area contributed by atoms with Gasteiger partial charge in [-0.2, -0.15) is 11.8 Å². The molecular weight excluding hydrogens is 288 g/mol. The van der Waals surface area contributed by atoms with Gasteiger partial charge in [0.1, 0.15) is 11.3 Å². The smallest absolute Gasteiger partial charge is 0.339 e. The largest absolute Gasteiger partial charge is 0.478 e. The van der Waals surface area contributed by atoms with Gasteiger partial charge in [0.15, 0.2) is 0 Å². The molecule has 1 aliphatic rings. The van der Waals surface area contributed by atoms with E-state index in [0.29, 0.717) is 6.42 Å². The van der Waals surface area contributed by atoms with E-state index in [4.69, 9.17) is 9.84 Å². The standard InChI is InChI=1S/C16H20O4S/c17-15(8-4-1-5-12-9-10-21-11-12)20-14-7-3-2-6-13(14)16(18)19/h2-3,6-7,12H,1,4-5,8-11H2,(H,18,19). The Labute approximate surface area is 128 Å². The van der Waals surface area contributed by atoms with Crippen molar-refractivity contribution in [3.63, 3.8) is 0 Å². The van der Waals surface area contributed by atoms with Crippen LogP contribution in [0.2, 0.25) is 0 Å².